The van der Waals surface area contributed by atoms with Gasteiger partial charge >= 0.3 is 0 Å². The minimum Gasteiger partial charge on any atom is -0.488 e. The number of aromatic nitrogens is 1. The molecule has 0 bridgehead atoms. The van der Waals surface area contributed by atoms with Crippen LogP contribution >= 0.6 is 15.9 Å². The normalized spacial score (nSPS) is 12.7. The molecule has 1 heterocycles. The number of nitrogens with zero attached hydrogens (tertiary/aromatic N) is 1. The molecular formula is C18H25BrN3O3+. The molecule has 25 heavy (non-hydrogen) atoms. The molecule has 1 atom stereocenters. The maximum Gasteiger partial charge on any atom is 0.281 e. The van der Waals surface area contributed by atoms with E-state index < -0.39 is 0 Å². The predicted molar refractivity (Wildman–Crippen MR) is 100 cm³/mol. The van der Waals surface area contributed by atoms with Crippen molar-refractivity contribution in [3.05, 3.63) is 40.5 Å². The number of ether oxygens (including phenoxy) is 1. The summed E-state index contributed by atoms with van der Waals surface area (Å²) in [5.41, 5.74) is 0.699. The van der Waals surface area contributed by atoms with Crippen molar-refractivity contribution in [3.8, 4) is 5.75 Å². The van der Waals surface area contributed by atoms with Crippen molar-refractivity contribution in [3.63, 3.8) is 0 Å². The van der Waals surface area contributed by atoms with Crippen molar-refractivity contribution in [2.75, 3.05) is 32.1 Å². The van der Waals surface area contributed by atoms with Crippen molar-refractivity contribution in [2.24, 2.45) is 0 Å². The Bertz CT molecular complexity index is 692. The van der Waals surface area contributed by atoms with Crippen LogP contribution in [0.15, 0.2) is 39.3 Å². The minimum absolute atomic E-state index is 0.112. The van der Waals surface area contributed by atoms with E-state index in [9.17, 15) is 4.79 Å². The molecule has 7 heteroatoms. The monoisotopic (exact) mass is 410 g/mol. The fourth-order valence-corrected chi connectivity index (χ4v) is 2.37. The number of benzene rings is 1. The Morgan fingerprint density at radius 2 is 2.00 bits per heavy atom. The summed E-state index contributed by atoms with van der Waals surface area (Å²) in [6.07, 6.45) is 0. The highest BCUT2D eigenvalue weighted by Crippen LogP contribution is 2.23. The van der Waals surface area contributed by atoms with Crippen LogP contribution in [0, 0.1) is 0 Å². The summed E-state index contributed by atoms with van der Waals surface area (Å²) in [6.45, 7) is 7.71. The number of carbonyl (C=O) groups is 1. The topological polar surface area (TPSA) is 68.8 Å². The molecule has 0 saturated carbocycles. The van der Waals surface area contributed by atoms with Crippen molar-refractivity contribution >= 4 is 27.7 Å². The number of amides is 1. The third kappa shape index (κ3) is 6.51. The average molecular weight is 411 g/mol. The summed E-state index contributed by atoms with van der Waals surface area (Å²) in [4.78, 5) is 13.1. The summed E-state index contributed by atoms with van der Waals surface area (Å²) < 4.78 is 11.9. The number of hydrogen-bond acceptors (Lipinski definition) is 4. The number of carbonyl (C=O) groups excluding carboxylic acids is 1. The summed E-state index contributed by atoms with van der Waals surface area (Å²) >= 11 is 3.39. The molecule has 0 fully saturated rings. The first-order valence-corrected chi connectivity index (χ1v) is 9.00. The van der Waals surface area contributed by atoms with E-state index in [4.69, 9.17) is 9.26 Å². The molecule has 2 N–H and O–H groups in total. The molecule has 1 aromatic carbocycles. The van der Waals surface area contributed by atoms with Gasteiger partial charge in [0, 0.05) is 16.0 Å². The standard InChI is InChI=1S/C18H24BrN3O3/c1-18(2,3)15-11-17(25-21-15)20-16(23)12-22(4)9-10-24-14-7-5-13(19)6-8-14/h5-8,11H,9-10,12H2,1-4H3,(H,20,23)/p+1. The first-order chi connectivity index (χ1) is 11.7. The molecule has 6 nitrogen and oxygen atoms in total. The average Bonchev–Trinajstić information content (AvgIpc) is 2.97. The maximum atomic E-state index is 12.1. The summed E-state index contributed by atoms with van der Waals surface area (Å²) in [6, 6.07) is 9.45. The molecule has 136 valence electrons. The van der Waals surface area contributed by atoms with Gasteiger partial charge in [0.25, 0.3) is 5.91 Å². The van der Waals surface area contributed by atoms with Crippen LogP contribution in [0.2, 0.25) is 0 Å². The van der Waals surface area contributed by atoms with Crippen LogP contribution in [0.25, 0.3) is 0 Å². The Hall–Kier alpha value is -1.86. The van der Waals surface area contributed by atoms with Crippen LogP contribution in [0.5, 0.6) is 5.75 Å². The highest BCUT2D eigenvalue weighted by Gasteiger charge is 2.20. The molecule has 1 aromatic heterocycles. The van der Waals surface area contributed by atoms with Crippen LogP contribution < -0.4 is 15.0 Å². The molecule has 1 unspecified atom stereocenters. The molecule has 1 amide bonds. The summed E-state index contributed by atoms with van der Waals surface area (Å²) in [5.74, 6) is 1.09. The highest BCUT2D eigenvalue weighted by atomic mass is 79.9. The number of nitrogens with one attached hydrogen (secondary N) is 2. The lowest BCUT2D eigenvalue weighted by Crippen LogP contribution is -3.10. The second kappa shape index (κ2) is 8.49. The minimum atomic E-state index is -0.113. The zero-order valence-electron chi connectivity index (χ0n) is 15.1. The van der Waals surface area contributed by atoms with Crippen molar-refractivity contribution in [1.82, 2.24) is 5.16 Å². The quantitative estimate of drug-likeness (QED) is 0.734. The number of rotatable bonds is 7. The number of halogens is 1. The van der Waals surface area contributed by atoms with E-state index in [-0.39, 0.29) is 11.3 Å². The van der Waals surface area contributed by atoms with E-state index in [2.05, 4.69) is 26.4 Å². The van der Waals surface area contributed by atoms with Gasteiger partial charge in [-0.2, -0.15) is 0 Å². The van der Waals surface area contributed by atoms with Crippen LogP contribution in [-0.4, -0.2) is 37.8 Å². The van der Waals surface area contributed by atoms with Gasteiger partial charge in [0.05, 0.1) is 12.7 Å². The Labute approximate surface area is 156 Å². The molecule has 0 saturated heterocycles. The van der Waals surface area contributed by atoms with Gasteiger partial charge < -0.3 is 14.2 Å². The molecule has 0 radical (unpaired) electrons. The van der Waals surface area contributed by atoms with Crippen LogP contribution in [0.3, 0.4) is 0 Å². The highest BCUT2D eigenvalue weighted by molar-refractivity contribution is 9.10. The fraction of sp³-hybridized carbons (Fsp3) is 0.444. The fourth-order valence-electron chi connectivity index (χ4n) is 2.11. The van der Waals surface area contributed by atoms with Gasteiger partial charge in [0.1, 0.15) is 18.9 Å². The van der Waals surface area contributed by atoms with Gasteiger partial charge in [-0.05, 0) is 24.3 Å². The molecule has 0 spiro atoms. The summed E-state index contributed by atoms with van der Waals surface area (Å²) in [7, 11) is 1.95. The van der Waals surface area contributed by atoms with Crippen molar-refractivity contribution in [2.45, 2.75) is 26.2 Å². The Morgan fingerprint density at radius 1 is 1.32 bits per heavy atom. The summed E-state index contributed by atoms with van der Waals surface area (Å²) in [5, 5.41) is 6.73. The number of hydrogen-bond donors (Lipinski definition) is 2. The van der Waals surface area contributed by atoms with Gasteiger partial charge in [-0.1, -0.05) is 41.9 Å². The molecule has 2 rings (SSSR count). The second-order valence-corrected chi connectivity index (χ2v) is 7.98. The Morgan fingerprint density at radius 3 is 2.60 bits per heavy atom. The molecular weight excluding hydrogens is 386 g/mol. The predicted octanol–water partition coefficient (Wildman–Crippen LogP) is 2.27. The van der Waals surface area contributed by atoms with E-state index in [1.807, 2.05) is 52.1 Å². The van der Waals surface area contributed by atoms with Gasteiger partial charge in [0.2, 0.25) is 5.88 Å². The third-order valence-electron chi connectivity index (χ3n) is 3.61. The van der Waals surface area contributed by atoms with E-state index in [0.29, 0.717) is 25.6 Å². The lowest BCUT2D eigenvalue weighted by atomic mass is 9.92. The molecule has 0 aliphatic rings. The molecule has 0 aliphatic carbocycles. The maximum absolute atomic E-state index is 12.1. The van der Waals surface area contributed by atoms with Gasteiger partial charge in [-0.15, -0.1) is 0 Å². The second-order valence-electron chi connectivity index (χ2n) is 7.06. The SMILES string of the molecule is C[NH+](CCOc1ccc(Br)cc1)CC(=O)Nc1cc(C(C)(C)C)no1. The number of quaternary nitrogens is 1. The van der Waals surface area contributed by atoms with E-state index in [1.54, 1.807) is 6.07 Å². The molecule has 0 aliphatic heterocycles. The van der Waals surface area contributed by atoms with Gasteiger partial charge in [-0.25, -0.2) is 0 Å². The van der Waals surface area contributed by atoms with Crippen molar-refractivity contribution < 1.29 is 19.0 Å². The van der Waals surface area contributed by atoms with Gasteiger partial charge in [0.15, 0.2) is 6.54 Å². The van der Waals surface area contributed by atoms with E-state index >= 15 is 0 Å². The van der Waals surface area contributed by atoms with E-state index in [1.165, 1.54) is 0 Å². The zero-order chi connectivity index (χ0) is 18.4. The van der Waals surface area contributed by atoms with Crippen molar-refractivity contribution in [1.29, 1.82) is 0 Å². The first-order valence-electron chi connectivity index (χ1n) is 8.21. The number of anilines is 1. The van der Waals surface area contributed by atoms with Gasteiger partial charge in [-0.3, -0.25) is 10.1 Å². The van der Waals surface area contributed by atoms with Crippen LogP contribution in [0.4, 0.5) is 5.88 Å². The largest absolute Gasteiger partial charge is 0.488 e. The van der Waals surface area contributed by atoms with Crippen LogP contribution in [-0.2, 0) is 10.2 Å². The zero-order valence-corrected chi connectivity index (χ0v) is 16.6. The molecule has 2 aromatic rings. The van der Waals surface area contributed by atoms with Crippen LogP contribution in [0.1, 0.15) is 26.5 Å². The van der Waals surface area contributed by atoms with E-state index in [0.717, 1.165) is 20.8 Å². The lowest BCUT2D eigenvalue weighted by Gasteiger charge is -2.14. The lowest BCUT2D eigenvalue weighted by molar-refractivity contribution is -0.871. The smallest absolute Gasteiger partial charge is 0.281 e. The third-order valence-corrected chi connectivity index (χ3v) is 4.14. The Balaban J connectivity index is 1.72. The first kappa shape index (κ1) is 19.5. The Kier molecular flexibility index (Phi) is 6.61. The number of likely N-dealkylation sites (N-methyl/N-ethyl adjacent to an activating group) is 1.